The zero-order chi connectivity index (χ0) is 92.6. The number of rotatable bonds is 36. The molecule has 0 atom stereocenters. The zero-order valence-corrected chi connectivity index (χ0v) is 76.8. The van der Waals surface area contributed by atoms with Crippen molar-refractivity contribution in [1.29, 1.82) is 5.26 Å². The highest BCUT2D eigenvalue weighted by molar-refractivity contribution is 5.76. The lowest BCUT2D eigenvalue weighted by atomic mass is 9.89. The number of ether oxygens (including phenoxy) is 3. The van der Waals surface area contributed by atoms with Gasteiger partial charge in [0.05, 0.1) is 68.0 Å². The van der Waals surface area contributed by atoms with Crippen LogP contribution in [0.25, 0.3) is 33.4 Å². The van der Waals surface area contributed by atoms with Gasteiger partial charge < -0.3 is 44.2 Å². The lowest BCUT2D eigenvalue weighted by Gasteiger charge is -2.26. The van der Waals surface area contributed by atoms with E-state index in [9.17, 15) is 32.8 Å². The van der Waals surface area contributed by atoms with E-state index >= 15 is 0 Å². The Morgan fingerprint density at radius 1 is 0.359 bits per heavy atom. The van der Waals surface area contributed by atoms with Crippen LogP contribution in [0.4, 0.5) is 30.9 Å². The summed E-state index contributed by atoms with van der Waals surface area (Å²) in [6.07, 6.45) is 4.91. The number of hydrogen-bond acceptors (Lipinski definition) is 15. The molecule has 21 heteroatoms. The van der Waals surface area contributed by atoms with Gasteiger partial charge in [0.25, 0.3) is 0 Å². The topological polar surface area (TPSA) is 238 Å². The van der Waals surface area contributed by atoms with E-state index in [0.29, 0.717) is 129 Å². The van der Waals surface area contributed by atoms with Gasteiger partial charge in [0.2, 0.25) is 11.9 Å². The number of hydrogen-bond donors (Lipinski definition) is 3. The molecule has 3 aromatic heterocycles. The smallest absolute Gasteiger partial charge is 0.416 e. The number of pyridine rings is 1. The van der Waals surface area contributed by atoms with Crippen molar-refractivity contribution in [3.63, 3.8) is 0 Å². The fraction of sp³-hybridized carbons (Fsp3) is 0.336. The fourth-order valence-electron chi connectivity index (χ4n) is 15.5. The first kappa shape index (κ1) is 97.0. The molecule has 668 valence electrons. The number of carboxylic acid groups (broad SMARTS) is 3. The third-order valence-corrected chi connectivity index (χ3v) is 22.4. The summed E-state index contributed by atoms with van der Waals surface area (Å²) in [6, 6.07) is 60.2. The van der Waals surface area contributed by atoms with E-state index in [4.69, 9.17) is 44.5 Å². The van der Waals surface area contributed by atoms with E-state index in [2.05, 4.69) is 244 Å². The molecule has 18 nitrogen and oxygen atoms in total. The van der Waals surface area contributed by atoms with Gasteiger partial charge in [-0.25, -0.2) is 24.9 Å². The quantitative estimate of drug-likeness (QED) is 0.0309. The molecule has 0 bridgehead atoms. The van der Waals surface area contributed by atoms with Gasteiger partial charge in [0.15, 0.2) is 11.5 Å². The average Bonchev–Trinajstić information content (AvgIpc) is 0.796. The molecule has 0 radical (unpaired) electrons. The third-order valence-electron chi connectivity index (χ3n) is 22.4. The number of benzene rings is 9. The number of aromatic nitrogens is 5. The number of alkyl halides is 3. The maximum Gasteiger partial charge on any atom is 0.416 e. The highest BCUT2D eigenvalue weighted by Crippen LogP contribution is 2.39. The van der Waals surface area contributed by atoms with Crippen molar-refractivity contribution in [2.45, 2.75) is 219 Å². The van der Waals surface area contributed by atoms with Gasteiger partial charge in [-0.1, -0.05) is 203 Å². The number of carbonyl (C=O) groups is 3. The number of anilines is 3. The molecule has 0 saturated heterocycles. The van der Waals surface area contributed by atoms with E-state index < -0.39 is 29.6 Å². The molecule has 0 saturated carbocycles. The monoisotopic (exact) mass is 1730 g/mol. The summed E-state index contributed by atoms with van der Waals surface area (Å²) < 4.78 is 58.1. The number of carboxylic acids is 3. The van der Waals surface area contributed by atoms with Crippen LogP contribution in [-0.2, 0) is 59.8 Å². The van der Waals surface area contributed by atoms with Gasteiger partial charge in [-0.2, -0.15) is 18.4 Å². The Labute approximate surface area is 752 Å². The predicted molar refractivity (Wildman–Crippen MR) is 504 cm³/mol. The first-order chi connectivity index (χ1) is 60.9. The molecule has 0 unspecified atom stereocenters. The van der Waals surface area contributed by atoms with Crippen LogP contribution in [0.2, 0.25) is 0 Å². The van der Waals surface area contributed by atoms with Crippen molar-refractivity contribution in [3.05, 3.63) is 323 Å². The Morgan fingerprint density at radius 2 is 0.750 bits per heavy atom. The zero-order valence-electron chi connectivity index (χ0n) is 76.8. The summed E-state index contributed by atoms with van der Waals surface area (Å²) in [5.74, 6) is 1.90. The largest absolute Gasteiger partial charge is 0.492 e. The molecule has 0 fully saturated rings. The standard InChI is InChI=1S/C36H43N3O3.C36H39N3O3.C35H38F3N3O3/c1-23(2)30-11-10-26(5)33(18-30)34-17-28(7)27(6)16-31(34)22-39(21-29-14-24(3)13-25(4)15-29)36-37-19-32(20-38-36)42-12-8-9-35(40)41;1-24(2)30-10-9-27(5)34(19-30)33-12-8-25(3)17-31(33)23-39(22-29-16-26(4)15-28(18-29)20-37)35-13-11-32(21-38-35)42-14-6-7-36(40)41;1-22(2)27-11-9-25(5)31(17-27)32-15-23(3)8-10-28(32)21-41(20-26-13-24(4)14-29(16-26)35(36,37)38)34-39-18-30(19-40-34)44-12-6-7-33(42)43/h10-11,13-20,23H,8-9,12,21-22H2,1-7H3,(H,40,41);8-13,15-19,21,24H,6-7,14,22-23H2,1-5H3,(H,40,41);8-11,13-19,22H,6-7,12,20-21H2,1-5H3,(H,42,43). The number of nitrogens with zero attached hydrogens (tertiary/aromatic N) is 9. The summed E-state index contributed by atoms with van der Waals surface area (Å²) in [4.78, 5) is 61.9. The molecule has 3 heterocycles. The fourth-order valence-corrected chi connectivity index (χ4v) is 15.5. The molecular formula is C107H120F3N9O9. The molecule has 12 aromatic rings. The van der Waals surface area contributed by atoms with Crippen LogP contribution in [0.1, 0.15) is 220 Å². The summed E-state index contributed by atoms with van der Waals surface area (Å²) in [7, 11) is 0. The highest BCUT2D eigenvalue weighted by Gasteiger charge is 2.32. The van der Waals surface area contributed by atoms with Crippen LogP contribution >= 0.6 is 0 Å². The summed E-state index contributed by atoms with van der Waals surface area (Å²) in [5.41, 5.74) is 29.4. The van der Waals surface area contributed by atoms with Crippen LogP contribution in [0.3, 0.4) is 0 Å². The van der Waals surface area contributed by atoms with Crippen molar-refractivity contribution in [2.75, 3.05) is 34.5 Å². The Morgan fingerprint density at radius 3 is 1.21 bits per heavy atom. The Hall–Kier alpha value is -13.2. The lowest BCUT2D eigenvalue weighted by Crippen LogP contribution is -2.25. The van der Waals surface area contributed by atoms with E-state index in [-0.39, 0.29) is 32.4 Å². The second-order valence-electron chi connectivity index (χ2n) is 34.5. The second-order valence-corrected chi connectivity index (χ2v) is 34.5. The van der Waals surface area contributed by atoms with E-state index in [1.165, 1.54) is 113 Å². The minimum atomic E-state index is -4.47. The highest BCUT2D eigenvalue weighted by atomic mass is 19.4. The van der Waals surface area contributed by atoms with Crippen molar-refractivity contribution in [2.24, 2.45) is 0 Å². The normalized spacial score (nSPS) is 11.2. The van der Waals surface area contributed by atoms with E-state index in [1.807, 2.05) is 49.1 Å². The summed E-state index contributed by atoms with van der Waals surface area (Å²) in [5, 5.41) is 36.2. The molecule has 0 aliphatic heterocycles. The van der Waals surface area contributed by atoms with Crippen LogP contribution in [0.15, 0.2) is 201 Å². The number of aliphatic carboxylic acids is 3. The van der Waals surface area contributed by atoms with Crippen LogP contribution in [0.5, 0.6) is 17.2 Å². The molecule has 0 amide bonds. The van der Waals surface area contributed by atoms with Crippen LogP contribution in [-0.4, -0.2) is 78.0 Å². The number of aryl methyl sites for hydroxylation is 11. The lowest BCUT2D eigenvalue weighted by molar-refractivity contribution is -0.138. The van der Waals surface area contributed by atoms with Crippen molar-refractivity contribution >= 4 is 35.6 Å². The van der Waals surface area contributed by atoms with E-state index in [1.54, 1.807) is 31.6 Å². The van der Waals surface area contributed by atoms with Crippen molar-refractivity contribution < 1.29 is 57.1 Å². The maximum atomic E-state index is 13.7. The first-order valence-electron chi connectivity index (χ1n) is 43.7. The average molecular weight is 1730 g/mol. The Bertz CT molecular complexity index is 5850. The molecule has 0 aliphatic rings. The van der Waals surface area contributed by atoms with Gasteiger partial charge in [-0.15, -0.1) is 0 Å². The van der Waals surface area contributed by atoms with Crippen LogP contribution in [0, 0.1) is 87.5 Å². The minimum absolute atomic E-state index is 0.0123. The van der Waals surface area contributed by atoms with Gasteiger partial charge in [0, 0.05) is 58.5 Å². The first-order valence-corrected chi connectivity index (χ1v) is 43.7. The Kier molecular flexibility index (Phi) is 34.3. The molecule has 12 rings (SSSR count). The molecule has 0 aliphatic carbocycles. The Balaban J connectivity index is 0.000000200. The van der Waals surface area contributed by atoms with Crippen molar-refractivity contribution in [3.8, 4) is 56.7 Å². The number of halogens is 3. The second kappa shape index (κ2) is 45.3. The molecular weight excluding hydrogens is 1610 g/mol. The maximum absolute atomic E-state index is 13.7. The predicted octanol–water partition coefficient (Wildman–Crippen LogP) is 25.0. The summed E-state index contributed by atoms with van der Waals surface area (Å²) in [6.45, 7) is 39.8. The van der Waals surface area contributed by atoms with Gasteiger partial charge in [0.1, 0.15) is 11.6 Å². The molecule has 128 heavy (non-hydrogen) atoms. The molecule has 0 spiro atoms. The SMILES string of the molecule is Cc1cc(C#N)cc(CN(Cc2cc(C)ccc2-c2cc(C(C)C)ccc2C)c2ccc(OCCCC(=O)O)cn2)c1.Cc1cc(C)cc(CN(Cc2cc(C)c(C)cc2-c2cc(C(C)C)ccc2C)c2ncc(OCCCC(=O)O)cn2)c1.Cc1cc(CN(Cc2ccc(C)cc2-c2cc(C(C)C)ccc2C)c2ncc(OCCCC(=O)O)cn2)cc(C(F)(F)F)c1. The van der Waals surface area contributed by atoms with Gasteiger partial charge in [-0.3, -0.25) is 14.4 Å². The van der Waals surface area contributed by atoms with Gasteiger partial charge in [-0.05, 0) is 266 Å². The van der Waals surface area contributed by atoms with Gasteiger partial charge >= 0.3 is 24.1 Å². The van der Waals surface area contributed by atoms with E-state index in [0.717, 1.165) is 50.8 Å². The number of nitriles is 1. The third kappa shape index (κ3) is 28.4. The molecule has 9 aromatic carbocycles. The van der Waals surface area contributed by atoms with Crippen molar-refractivity contribution in [1.82, 2.24) is 24.9 Å². The van der Waals surface area contributed by atoms with Crippen LogP contribution < -0.4 is 28.9 Å². The molecule has 3 N–H and O–H groups in total. The minimum Gasteiger partial charge on any atom is -0.492 e. The summed E-state index contributed by atoms with van der Waals surface area (Å²) >= 11 is 0.